The molecule has 1 aromatic heterocycles. The van der Waals surface area contributed by atoms with Gasteiger partial charge < -0.3 is 22.7 Å². The number of hydrogen-bond acceptors (Lipinski definition) is 6. The maximum Gasteiger partial charge on any atom is 0.234 e. The number of amides is 1. The normalized spacial score (nSPS) is 19.5. The molecule has 1 aliphatic heterocycles. The molecule has 7 heteroatoms. The van der Waals surface area contributed by atoms with Crippen LogP contribution in [0, 0.1) is 17.2 Å². The summed E-state index contributed by atoms with van der Waals surface area (Å²) in [6.07, 6.45) is 0. The number of hydrogen-bond donors (Lipinski definition) is 1. The van der Waals surface area contributed by atoms with Crippen LogP contribution in [0.25, 0.3) is 0 Å². The summed E-state index contributed by atoms with van der Waals surface area (Å²) in [5, 5.41) is 14.7. The van der Waals surface area contributed by atoms with Gasteiger partial charge in [0.15, 0.2) is 0 Å². The quantitative estimate of drug-likeness (QED) is 0.815. The average molecular weight is 382 g/mol. The Balaban J connectivity index is 2.00. The third-order valence-corrected chi connectivity index (χ3v) is 5.49. The number of benzene rings is 1. The van der Waals surface area contributed by atoms with Gasteiger partial charge in [-0.2, -0.15) is 5.26 Å². The molecule has 2 atom stereocenters. The number of para-hydroxylation sites is 2. The second kappa shape index (κ2) is 7.68. The second-order valence-corrected chi connectivity index (χ2v) is 7.11. The average Bonchev–Trinajstić information content (AvgIpc) is 3.15. The number of nitrogens with one attached hydrogen (secondary N) is 1. The van der Waals surface area contributed by atoms with Crippen LogP contribution in [0.3, 0.4) is 0 Å². The highest BCUT2D eigenvalue weighted by Crippen LogP contribution is 2.41. The summed E-state index contributed by atoms with van der Waals surface area (Å²) < 4.78 is 5.30. The number of ether oxygens (including phenoxy) is 1. The summed E-state index contributed by atoms with van der Waals surface area (Å²) >= 11 is 6.77. The van der Waals surface area contributed by atoms with E-state index in [1.54, 1.807) is 26.2 Å². The molecular formula is C19H16N3O2S2-. The molecule has 2 heterocycles. The smallest absolute Gasteiger partial charge is 0.234 e. The van der Waals surface area contributed by atoms with Crippen LogP contribution in [0.5, 0.6) is 5.75 Å². The summed E-state index contributed by atoms with van der Waals surface area (Å²) in [6.45, 7) is 1.77. The zero-order valence-electron chi connectivity index (χ0n) is 14.2. The largest absolute Gasteiger partial charge is 0.759 e. The molecule has 1 N–H and O–H groups in total. The van der Waals surface area contributed by atoms with E-state index >= 15 is 0 Å². The molecule has 3 rings (SSSR count). The number of thiophene rings is 1. The molecule has 26 heavy (non-hydrogen) atoms. The topological polar surface area (TPSA) is 74.5 Å². The van der Waals surface area contributed by atoms with Gasteiger partial charge in [0.05, 0.1) is 24.8 Å². The fraction of sp³-hybridized carbons (Fsp3) is 0.211. The Labute approximate surface area is 161 Å². The van der Waals surface area contributed by atoms with Crippen molar-refractivity contribution in [3.63, 3.8) is 0 Å². The Bertz CT molecular complexity index is 927. The zero-order valence-corrected chi connectivity index (χ0v) is 15.9. The number of methoxy groups -OCH3 is 1. The first kappa shape index (κ1) is 18.1. The number of rotatable bonds is 4. The monoisotopic (exact) mass is 382 g/mol. The lowest BCUT2D eigenvalue weighted by molar-refractivity contribution is -0.118. The molecular weight excluding hydrogens is 366 g/mol. The zero-order chi connectivity index (χ0) is 18.7. The van der Waals surface area contributed by atoms with E-state index in [0.29, 0.717) is 22.7 Å². The summed E-state index contributed by atoms with van der Waals surface area (Å²) in [5.41, 5.74) is 1.53. The van der Waals surface area contributed by atoms with Crippen LogP contribution in [0.1, 0.15) is 17.7 Å². The van der Waals surface area contributed by atoms with Gasteiger partial charge in [0.2, 0.25) is 5.91 Å². The molecule has 0 spiro atoms. The van der Waals surface area contributed by atoms with Gasteiger partial charge in [-0.1, -0.05) is 23.2 Å². The standard InChI is InChI=1S/C19H17N3O2S2/c1-11-16(18(23)22-13-6-3-4-7-14(13)24-2)17(15-8-5-9-26-15)12(10-20)19(25)21-11/h3-9,16-17,25H,1-2H3,(H,22,23)/p-1/t16?,17-/m1/s1. The van der Waals surface area contributed by atoms with Crippen molar-refractivity contribution in [2.24, 2.45) is 10.9 Å². The van der Waals surface area contributed by atoms with Crippen molar-refractivity contribution in [1.29, 1.82) is 5.26 Å². The first-order chi connectivity index (χ1) is 12.6. The molecule has 0 saturated heterocycles. The lowest BCUT2D eigenvalue weighted by atomic mass is 9.80. The minimum atomic E-state index is -0.611. The third kappa shape index (κ3) is 3.34. The number of carbonyl (C=O) groups excluding carboxylic acids is 1. The van der Waals surface area contributed by atoms with E-state index in [1.165, 1.54) is 11.3 Å². The van der Waals surface area contributed by atoms with Gasteiger partial charge in [0.25, 0.3) is 0 Å². The second-order valence-electron chi connectivity index (χ2n) is 5.74. The van der Waals surface area contributed by atoms with Gasteiger partial charge in [-0.3, -0.25) is 9.79 Å². The van der Waals surface area contributed by atoms with E-state index in [9.17, 15) is 10.1 Å². The van der Waals surface area contributed by atoms with Crippen molar-refractivity contribution in [2.75, 3.05) is 12.4 Å². The Morgan fingerprint density at radius 2 is 2.12 bits per heavy atom. The van der Waals surface area contributed by atoms with Gasteiger partial charge in [-0.15, -0.1) is 11.3 Å². The summed E-state index contributed by atoms with van der Waals surface area (Å²) in [4.78, 5) is 18.3. The van der Waals surface area contributed by atoms with Crippen molar-refractivity contribution in [3.8, 4) is 11.8 Å². The molecule has 0 aliphatic carbocycles. The lowest BCUT2D eigenvalue weighted by Gasteiger charge is -2.32. The van der Waals surface area contributed by atoms with Crippen molar-refractivity contribution < 1.29 is 9.53 Å². The maximum absolute atomic E-state index is 13.1. The SMILES string of the molecule is COc1ccccc1NC(=O)C1C(C)=NC([S-])=C(C#N)[C@@H]1c1cccs1. The van der Waals surface area contributed by atoms with Crippen molar-refractivity contribution in [2.45, 2.75) is 12.8 Å². The fourth-order valence-electron chi connectivity index (χ4n) is 3.02. The first-order valence-corrected chi connectivity index (χ1v) is 9.19. The van der Waals surface area contributed by atoms with Crippen LogP contribution in [-0.2, 0) is 17.4 Å². The van der Waals surface area contributed by atoms with Gasteiger partial charge in [-0.25, -0.2) is 0 Å². The molecule has 132 valence electrons. The van der Waals surface area contributed by atoms with E-state index in [4.69, 9.17) is 17.4 Å². The molecule has 5 nitrogen and oxygen atoms in total. The van der Waals surface area contributed by atoms with E-state index in [1.807, 2.05) is 29.6 Å². The minimum absolute atomic E-state index is 0.246. The molecule has 1 amide bonds. The van der Waals surface area contributed by atoms with Gasteiger partial charge in [0, 0.05) is 22.1 Å². The predicted octanol–water partition coefficient (Wildman–Crippen LogP) is 3.85. The van der Waals surface area contributed by atoms with Crippen LogP contribution in [-0.4, -0.2) is 18.7 Å². The Hall–Kier alpha value is -2.69. The molecule has 1 aromatic carbocycles. The van der Waals surface area contributed by atoms with Crippen LogP contribution in [0.2, 0.25) is 0 Å². The number of aliphatic imine (C=N–C) groups is 1. The van der Waals surface area contributed by atoms with Gasteiger partial charge in [-0.05, 0) is 30.5 Å². The van der Waals surface area contributed by atoms with Crippen molar-refractivity contribution in [1.82, 2.24) is 0 Å². The number of nitriles is 1. The lowest BCUT2D eigenvalue weighted by Crippen LogP contribution is -2.36. The predicted molar refractivity (Wildman–Crippen MR) is 105 cm³/mol. The summed E-state index contributed by atoms with van der Waals surface area (Å²) in [6, 6.07) is 13.2. The van der Waals surface area contributed by atoms with Crippen molar-refractivity contribution >= 4 is 41.3 Å². The third-order valence-electron chi connectivity index (χ3n) is 4.22. The van der Waals surface area contributed by atoms with E-state index < -0.39 is 11.8 Å². The molecule has 0 saturated carbocycles. The Morgan fingerprint density at radius 3 is 2.77 bits per heavy atom. The molecule has 1 unspecified atom stereocenters. The molecule has 1 aliphatic rings. The number of anilines is 1. The number of allylic oxidation sites excluding steroid dienone is 1. The highest BCUT2D eigenvalue weighted by atomic mass is 32.1. The highest BCUT2D eigenvalue weighted by Gasteiger charge is 2.38. The van der Waals surface area contributed by atoms with Gasteiger partial charge in [0.1, 0.15) is 5.75 Å². The fourth-order valence-corrected chi connectivity index (χ4v) is 4.21. The van der Waals surface area contributed by atoms with Crippen LogP contribution < -0.4 is 10.1 Å². The first-order valence-electron chi connectivity index (χ1n) is 7.90. The summed E-state index contributed by atoms with van der Waals surface area (Å²) in [5.74, 6) is -0.719. The molecule has 2 aromatic rings. The van der Waals surface area contributed by atoms with Crippen LogP contribution in [0.4, 0.5) is 5.69 Å². The van der Waals surface area contributed by atoms with E-state index in [2.05, 4.69) is 16.4 Å². The Kier molecular flexibility index (Phi) is 5.35. The van der Waals surface area contributed by atoms with E-state index in [-0.39, 0.29) is 10.9 Å². The molecule has 0 bridgehead atoms. The van der Waals surface area contributed by atoms with Crippen LogP contribution in [0.15, 0.2) is 57.4 Å². The maximum atomic E-state index is 13.1. The number of nitrogens with zero attached hydrogens (tertiary/aromatic N) is 2. The molecule has 0 radical (unpaired) electrons. The van der Waals surface area contributed by atoms with Crippen LogP contribution >= 0.6 is 11.3 Å². The van der Waals surface area contributed by atoms with Crippen molar-refractivity contribution in [3.05, 3.63) is 57.3 Å². The number of carbonyl (C=O) groups is 1. The van der Waals surface area contributed by atoms with E-state index in [0.717, 1.165) is 4.88 Å². The summed E-state index contributed by atoms with van der Waals surface area (Å²) in [7, 11) is 1.55. The van der Waals surface area contributed by atoms with Gasteiger partial charge >= 0.3 is 0 Å². The highest BCUT2D eigenvalue weighted by molar-refractivity contribution is 7.63. The Morgan fingerprint density at radius 1 is 1.35 bits per heavy atom. The minimum Gasteiger partial charge on any atom is -0.759 e. The molecule has 0 fully saturated rings.